The van der Waals surface area contributed by atoms with E-state index >= 15 is 0 Å². The number of hydrogen-bond acceptors (Lipinski definition) is 5. The Labute approximate surface area is 108 Å². The third-order valence-electron chi connectivity index (χ3n) is 2.58. The molecule has 1 N–H and O–H groups in total. The predicted molar refractivity (Wildman–Crippen MR) is 69.6 cm³/mol. The molecule has 1 atom stereocenters. The second-order valence-electron chi connectivity index (χ2n) is 4.26. The van der Waals surface area contributed by atoms with E-state index in [0.717, 1.165) is 11.3 Å². The van der Waals surface area contributed by atoms with Crippen LogP contribution in [0.15, 0.2) is 24.3 Å². The maximum absolute atomic E-state index is 10.6. The summed E-state index contributed by atoms with van der Waals surface area (Å²) in [7, 11) is -4.39. The van der Waals surface area contributed by atoms with Crippen LogP contribution in [0.25, 0.3) is 0 Å². The molecule has 5 nitrogen and oxygen atoms in total. The highest BCUT2D eigenvalue weighted by molar-refractivity contribution is 7.85. The van der Waals surface area contributed by atoms with Gasteiger partial charge in [-0.2, -0.15) is 0 Å². The molecule has 0 radical (unpaired) electrons. The van der Waals surface area contributed by atoms with Crippen molar-refractivity contribution in [2.45, 2.75) is 20.0 Å². The summed E-state index contributed by atoms with van der Waals surface area (Å²) in [5.41, 5.74) is 1.98. The molecule has 0 aliphatic heterocycles. The number of benzene rings is 1. The number of hydrogen-bond donors (Lipinski definition) is 1. The molecule has 0 fully saturated rings. The first-order chi connectivity index (χ1) is 8.31. The van der Waals surface area contributed by atoms with E-state index in [1.54, 1.807) is 0 Å². The number of rotatable bonds is 6. The molecule has 6 heteroatoms. The van der Waals surface area contributed by atoms with Crippen LogP contribution in [0.3, 0.4) is 0 Å². The lowest BCUT2D eigenvalue weighted by atomic mass is 10.2. The molecular weight excluding hydrogens is 254 g/mol. The molecule has 0 spiro atoms. The number of nitrogens with zero attached hydrogens (tertiary/aromatic N) is 1. The minimum Gasteiger partial charge on any atom is -0.748 e. The number of aliphatic hydroxyl groups is 1. The van der Waals surface area contributed by atoms with Crippen LogP contribution in [0.5, 0.6) is 0 Å². The van der Waals surface area contributed by atoms with Crippen molar-refractivity contribution in [2.75, 3.05) is 23.7 Å². The van der Waals surface area contributed by atoms with Crippen LogP contribution < -0.4 is 4.90 Å². The predicted octanol–water partition coefficient (Wildman–Crippen LogP) is 0.727. The van der Waals surface area contributed by atoms with Gasteiger partial charge in [-0.15, -0.1) is 0 Å². The van der Waals surface area contributed by atoms with Crippen molar-refractivity contribution in [3.63, 3.8) is 0 Å². The number of aryl methyl sites for hydroxylation is 1. The Bertz CT molecular complexity index is 487. The molecule has 0 heterocycles. The van der Waals surface area contributed by atoms with Gasteiger partial charge in [0.25, 0.3) is 0 Å². The summed E-state index contributed by atoms with van der Waals surface area (Å²) in [6.45, 7) is 4.61. The second-order valence-corrected chi connectivity index (χ2v) is 5.70. The van der Waals surface area contributed by atoms with Crippen LogP contribution in [0.1, 0.15) is 12.5 Å². The fraction of sp³-hybridized carbons (Fsp3) is 0.500. The van der Waals surface area contributed by atoms with Gasteiger partial charge in [0.1, 0.15) is 0 Å². The Hall–Kier alpha value is -1.11. The first kappa shape index (κ1) is 14.9. The molecule has 0 aromatic heterocycles. The van der Waals surface area contributed by atoms with E-state index < -0.39 is 22.0 Å². The molecule has 1 rings (SSSR count). The lowest BCUT2D eigenvalue weighted by molar-refractivity contribution is 0.199. The highest BCUT2D eigenvalue weighted by Crippen LogP contribution is 2.16. The van der Waals surface area contributed by atoms with Gasteiger partial charge in [0.05, 0.1) is 22.0 Å². The Morgan fingerprint density at radius 1 is 1.44 bits per heavy atom. The Morgan fingerprint density at radius 3 is 2.61 bits per heavy atom. The van der Waals surface area contributed by atoms with Gasteiger partial charge in [-0.3, -0.25) is 0 Å². The summed E-state index contributed by atoms with van der Waals surface area (Å²) in [5.74, 6) is -0.755. The monoisotopic (exact) mass is 272 g/mol. The summed E-state index contributed by atoms with van der Waals surface area (Å²) >= 11 is 0. The van der Waals surface area contributed by atoms with Gasteiger partial charge in [-0.1, -0.05) is 12.1 Å². The molecule has 0 aliphatic carbocycles. The lowest BCUT2D eigenvalue weighted by Crippen LogP contribution is -2.36. The van der Waals surface area contributed by atoms with E-state index in [0.29, 0.717) is 6.54 Å². The van der Waals surface area contributed by atoms with Crippen LogP contribution >= 0.6 is 0 Å². The molecule has 1 aromatic rings. The van der Waals surface area contributed by atoms with E-state index in [4.69, 9.17) is 0 Å². The van der Waals surface area contributed by atoms with Crippen LogP contribution in [0.2, 0.25) is 0 Å². The quantitative estimate of drug-likeness (QED) is 0.772. The molecule has 1 aromatic carbocycles. The first-order valence-electron chi connectivity index (χ1n) is 5.75. The highest BCUT2D eigenvalue weighted by Gasteiger charge is 2.13. The van der Waals surface area contributed by atoms with Crippen LogP contribution in [-0.4, -0.2) is 43.0 Å². The van der Waals surface area contributed by atoms with E-state index in [1.807, 2.05) is 43.0 Å². The Balaban J connectivity index is 2.73. The molecule has 1 unspecified atom stereocenters. The van der Waals surface area contributed by atoms with Crippen molar-refractivity contribution >= 4 is 15.8 Å². The third-order valence-corrected chi connectivity index (χ3v) is 3.37. The van der Waals surface area contributed by atoms with E-state index in [1.165, 1.54) is 0 Å². The van der Waals surface area contributed by atoms with Gasteiger partial charge in [-0.25, -0.2) is 8.42 Å². The van der Waals surface area contributed by atoms with Gasteiger partial charge < -0.3 is 14.6 Å². The Kier molecular flexibility index (Phi) is 5.13. The summed E-state index contributed by atoms with van der Waals surface area (Å²) in [6.07, 6.45) is -1.17. The average Bonchev–Trinajstić information content (AvgIpc) is 2.23. The van der Waals surface area contributed by atoms with E-state index in [-0.39, 0.29) is 6.54 Å². The van der Waals surface area contributed by atoms with Crippen molar-refractivity contribution in [2.24, 2.45) is 0 Å². The van der Waals surface area contributed by atoms with Crippen LogP contribution in [0.4, 0.5) is 5.69 Å². The standard InChI is InChI=1S/C12H19NO4S/c1-3-13(8-12(14)9-18(15,16)17)11-6-4-5-10(2)7-11/h4-7,12,14H,3,8-9H2,1-2H3,(H,15,16,17)/p-1. The normalized spacial score (nSPS) is 13.3. The van der Waals surface area contributed by atoms with Crippen molar-refractivity contribution in [1.82, 2.24) is 0 Å². The fourth-order valence-corrected chi connectivity index (χ4v) is 2.36. The summed E-state index contributed by atoms with van der Waals surface area (Å²) in [5, 5.41) is 9.60. The number of anilines is 1. The van der Waals surface area contributed by atoms with Gasteiger partial charge >= 0.3 is 0 Å². The van der Waals surface area contributed by atoms with Crippen LogP contribution in [-0.2, 0) is 10.1 Å². The van der Waals surface area contributed by atoms with Gasteiger partial charge in [0, 0.05) is 18.8 Å². The molecule has 0 bridgehead atoms. The fourth-order valence-electron chi connectivity index (χ4n) is 1.78. The molecule has 102 valence electrons. The highest BCUT2D eigenvalue weighted by atomic mass is 32.2. The molecular formula is C12H18NO4S-. The van der Waals surface area contributed by atoms with Crippen molar-refractivity contribution in [3.8, 4) is 0 Å². The van der Waals surface area contributed by atoms with Gasteiger partial charge in [0.15, 0.2) is 0 Å². The minimum absolute atomic E-state index is 0.126. The van der Waals surface area contributed by atoms with Gasteiger partial charge in [0.2, 0.25) is 0 Å². The summed E-state index contributed by atoms with van der Waals surface area (Å²) < 4.78 is 31.7. The summed E-state index contributed by atoms with van der Waals surface area (Å²) in [6, 6.07) is 7.68. The topological polar surface area (TPSA) is 80.7 Å². The molecule has 0 amide bonds. The van der Waals surface area contributed by atoms with Crippen LogP contribution in [0, 0.1) is 6.92 Å². The van der Waals surface area contributed by atoms with E-state index in [2.05, 4.69) is 0 Å². The SMILES string of the molecule is CCN(CC(O)CS(=O)(=O)[O-])c1cccc(C)c1. The smallest absolute Gasteiger partial charge is 0.0972 e. The molecule has 0 saturated heterocycles. The zero-order chi connectivity index (χ0) is 13.8. The largest absolute Gasteiger partial charge is 0.748 e. The zero-order valence-corrected chi connectivity index (χ0v) is 11.4. The lowest BCUT2D eigenvalue weighted by Gasteiger charge is -2.26. The number of likely N-dealkylation sites (N-methyl/N-ethyl adjacent to an activating group) is 1. The average molecular weight is 272 g/mol. The number of aliphatic hydroxyl groups excluding tert-OH is 1. The molecule has 18 heavy (non-hydrogen) atoms. The minimum atomic E-state index is -4.39. The van der Waals surface area contributed by atoms with Crippen molar-refractivity contribution in [3.05, 3.63) is 29.8 Å². The first-order valence-corrected chi connectivity index (χ1v) is 7.33. The second kappa shape index (κ2) is 6.17. The molecule has 0 saturated carbocycles. The zero-order valence-electron chi connectivity index (χ0n) is 10.5. The van der Waals surface area contributed by atoms with Crippen molar-refractivity contribution in [1.29, 1.82) is 0 Å². The Morgan fingerprint density at radius 2 is 2.11 bits per heavy atom. The van der Waals surface area contributed by atoms with E-state index in [9.17, 15) is 18.1 Å². The third kappa shape index (κ3) is 5.03. The molecule has 0 aliphatic rings. The maximum Gasteiger partial charge on any atom is 0.0972 e. The van der Waals surface area contributed by atoms with Crippen molar-refractivity contribution < 1.29 is 18.1 Å². The maximum atomic E-state index is 10.6. The summed E-state index contributed by atoms with van der Waals surface area (Å²) in [4.78, 5) is 1.84. The van der Waals surface area contributed by atoms with Gasteiger partial charge in [-0.05, 0) is 31.5 Å².